The molecular weight excluding hydrogens is 687 g/mol. The van der Waals surface area contributed by atoms with Gasteiger partial charge in [0.25, 0.3) is 11.8 Å². The van der Waals surface area contributed by atoms with Crippen molar-refractivity contribution >= 4 is 74.4 Å². The van der Waals surface area contributed by atoms with E-state index in [9.17, 15) is 29.4 Å². The predicted molar refractivity (Wildman–Crippen MR) is 184 cm³/mol. The van der Waals surface area contributed by atoms with E-state index in [-0.39, 0.29) is 40.4 Å². The van der Waals surface area contributed by atoms with E-state index in [1.807, 2.05) is 59.6 Å². The molecule has 0 unspecified atom stereocenters. The number of nitrogens with one attached hydrogen (secondary N) is 2. The fourth-order valence-electron chi connectivity index (χ4n) is 5.45. The van der Waals surface area contributed by atoms with E-state index in [2.05, 4.69) is 20.0 Å². The quantitative estimate of drug-likeness (QED) is 0.0401. The maximum Gasteiger partial charge on any atom is 0.352 e. The number of aliphatic carboxylic acids is 2. The number of aromatic nitrogens is 3. The molecule has 6 rings (SSSR count). The molecule has 1 fully saturated rings. The van der Waals surface area contributed by atoms with Crippen LogP contribution in [0.4, 0.5) is 5.13 Å². The first-order chi connectivity index (χ1) is 23.7. The van der Waals surface area contributed by atoms with Crippen LogP contribution in [-0.2, 0) is 37.1 Å². The summed E-state index contributed by atoms with van der Waals surface area (Å²) in [4.78, 5) is 61.1. The fraction of sp³-hybridized carbons (Fsp3) is 0.250. The van der Waals surface area contributed by atoms with Crippen LogP contribution in [0.25, 0.3) is 10.9 Å². The zero-order valence-corrected chi connectivity index (χ0v) is 28.3. The van der Waals surface area contributed by atoms with Gasteiger partial charge in [-0.1, -0.05) is 29.4 Å². The molecule has 2 atom stereocenters. The molecule has 1 aromatic carbocycles. The Kier molecular flexibility index (Phi) is 9.06. The summed E-state index contributed by atoms with van der Waals surface area (Å²) in [5, 5.41) is 35.3. The van der Waals surface area contributed by atoms with Crippen molar-refractivity contribution in [3.63, 3.8) is 0 Å². The van der Waals surface area contributed by atoms with Gasteiger partial charge in [-0.2, -0.15) is 0 Å². The van der Waals surface area contributed by atoms with Crippen LogP contribution < -0.4 is 21.4 Å². The second-order valence-corrected chi connectivity index (χ2v) is 14.0. The van der Waals surface area contributed by atoms with Crippen molar-refractivity contribution in [1.82, 2.24) is 19.8 Å². The molecule has 1 saturated heterocycles. The number of amides is 2. The van der Waals surface area contributed by atoms with Gasteiger partial charge in [-0.05, 0) is 25.5 Å². The number of β-lactam (4-membered cyclic amide) rings is 1. The summed E-state index contributed by atoms with van der Waals surface area (Å²) in [5.41, 5.74) is 12.2. The first-order valence-electron chi connectivity index (χ1n) is 15.1. The minimum absolute atomic E-state index is 0.00889. The van der Waals surface area contributed by atoms with Crippen LogP contribution >= 0.6 is 23.1 Å². The zero-order chi connectivity index (χ0) is 35.9. The molecule has 2 aliphatic heterocycles. The summed E-state index contributed by atoms with van der Waals surface area (Å²) in [6.45, 7) is 3.32. The lowest BCUT2D eigenvalue weighted by Crippen LogP contribution is -2.71. The molecular formula is C32H32N9O7S2+. The van der Waals surface area contributed by atoms with Gasteiger partial charge in [0.1, 0.15) is 28.6 Å². The molecule has 5 heterocycles. The summed E-state index contributed by atoms with van der Waals surface area (Å²) in [6, 6.07) is 10.3. The summed E-state index contributed by atoms with van der Waals surface area (Å²) in [5.74, 6) is -3.79. The largest absolute Gasteiger partial charge is 0.478 e. The molecule has 3 aromatic heterocycles. The van der Waals surface area contributed by atoms with E-state index in [0.717, 1.165) is 27.8 Å². The number of oxime groups is 1. The summed E-state index contributed by atoms with van der Waals surface area (Å²) in [7, 11) is 0. The number of hydrogen-bond donors (Lipinski definition) is 6. The highest BCUT2D eigenvalue weighted by Crippen LogP contribution is 2.40. The van der Waals surface area contributed by atoms with Crippen molar-refractivity contribution in [3.8, 4) is 0 Å². The number of pyridine rings is 1. The van der Waals surface area contributed by atoms with Crippen LogP contribution in [0.1, 0.15) is 30.7 Å². The van der Waals surface area contributed by atoms with Crippen molar-refractivity contribution in [2.24, 2.45) is 10.9 Å². The Balaban J connectivity index is 1.18. The van der Waals surface area contributed by atoms with E-state index in [1.54, 1.807) is 0 Å². The Morgan fingerprint density at radius 3 is 2.58 bits per heavy atom. The smallest absolute Gasteiger partial charge is 0.352 e. The Morgan fingerprint density at radius 2 is 1.94 bits per heavy atom. The molecule has 0 aliphatic carbocycles. The molecule has 0 saturated carbocycles. The third-order valence-corrected chi connectivity index (χ3v) is 10.2. The Hall–Kier alpha value is -5.75. The summed E-state index contributed by atoms with van der Waals surface area (Å²) in [6.07, 6.45) is 5.72. The van der Waals surface area contributed by atoms with E-state index < -0.39 is 40.8 Å². The maximum atomic E-state index is 13.4. The van der Waals surface area contributed by atoms with Gasteiger partial charge >= 0.3 is 11.9 Å². The SMILES string of the molecule is CC(C)(ON=C(C(=O)N[C@@H]1C(=O)N2C(C(=O)O)=C(C[n+]3ccc4c(ccn4Cc4ccc(C(=N)N)cc4)c3)CS[C@H]12)c1csc(N)n1)C(=O)O. The third-order valence-electron chi connectivity index (χ3n) is 8.16. The minimum Gasteiger partial charge on any atom is -0.478 e. The monoisotopic (exact) mass is 718 g/mol. The lowest BCUT2D eigenvalue weighted by atomic mass is 10.0. The lowest BCUT2D eigenvalue weighted by Gasteiger charge is -2.49. The van der Waals surface area contributed by atoms with Crippen LogP contribution in [0.3, 0.4) is 0 Å². The molecule has 2 amide bonds. The highest BCUT2D eigenvalue weighted by Gasteiger charge is 2.55. The lowest BCUT2D eigenvalue weighted by molar-refractivity contribution is -0.687. The molecule has 18 heteroatoms. The number of carboxylic acid groups (broad SMARTS) is 2. The minimum atomic E-state index is -1.77. The van der Waals surface area contributed by atoms with Gasteiger partial charge in [0.05, 0.1) is 10.9 Å². The number of anilines is 1. The number of amidine groups is 1. The Labute approximate surface area is 292 Å². The first-order valence-corrected chi connectivity index (χ1v) is 17.0. The van der Waals surface area contributed by atoms with E-state index in [1.165, 1.54) is 35.9 Å². The molecule has 0 spiro atoms. The second kappa shape index (κ2) is 13.3. The predicted octanol–water partition coefficient (Wildman–Crippen LogP) is 1.32. The van der Waals surface area contributed by atoms with Gasteiger partial charge in [0, 0.05) is 41.1 Å². The van der Waals surface area contributed by atoms with Gasteiger partial charge in [0.15, 0.2) is 29.8 Å². The highest BCUT2D eigenvalue weighted by atomic mass is 32.2. The third kappa shape index (κ3) is 6.61. The molecule has 50 heavy (non-hydrogen) atoms. The zero-order valence-electron chi connectivity index (χ0n) is 26.7. The van der Waals surface area contributed by atoms with Gasteiger partial charge in [-0.25, -0.2) is 19.1 Å². The summed E-state index contributed by atoms with van der Waals surface area (Å²) < 4.78 is 3.94. The van der Waals surface area contributed by atoms with Gasteiger partial charge in [-0.15, -0.1) is 23.1 Å². The number of carboxylic acids is 2. The topological polar surface area (TPSA) is 243 Å². The van der Waals surface area contributed by atoms with Gasteiger partial charge < -0.3 is 36.4 Å². The molecule has 258 valence electrons. The number of nitrogen functional groups attached to an aromatic ring is 2. The van der Waals surface area contributed by atoms with Gasteiger partial charge in [0.2, 0.25) is 5.60 Å². The Morgan fingerprint density at radius 1 is 1.20 bits per heavy atom. The van der Waals surface area contributed by atoms with Crippen LogP contribution in [0.2, 0.25) is 0 Å². The van der Waals surface area contributed by atoms with Crippen molar-refractivity contribution in [2.75, 3.05) is 11.5 Å². The van der Waals surface area contributed by atoms with Crippen LogP contribution in [-0.4, -0.2) is 82.7 Å². The van der Waals surface area contributed by atoms with E-state index in [0.29, 0.717) is 17.7 Å². The fourth-order valence-corrected chi connectivity index (χ4v) is 7.33. The molecule has 8 N–H and O–H groups in total. The average Bonchev–Trinajstić information content (AvgIpc) is 3.68. The number of nitrogens with zero attached hydrogens (tertiary/aromatic N) is 5. The number of thioether (sulfide) groups is 1. The normalized spacial score (nSPS) is 17.7. The van der Waals surface area contributed by atoms with Crippen molar-refractivity contribution in [2.45, 2.75) is 44.0 Å². The maximum absolute atomic E-state index is 13.4. The number of fused-ring (bicyclic) bond motifs is 2. The average molecular weight is 719 g/mol. The van der Waals surface area contributed by atoms with Crippen LogP contribution in [0, 0.1) is 5.41 Å². The molecule has 16 nitrogen and oxygen atoms in total. The number of carbonyl (C=O) groups is 4. The molecule has 0 bridgehead atoms. The Bertz CT molecular complexity index is 2120. The number of carbonyl (C=O) groups excluding carboxylic acids is 2. The van der Waals surface area contributed by atoms with Crippen molar-refractivity contribution in [3.05, 3.63) is 88.5 Å². The second-order valence-electron chi connectivity index (χ2n) is 12.0. The van der Waals surface area contributed by atoms with Crippen LogP contribution in [0.15, 0.2) is 76.8 Å². The molecule has 0 radical (unpaired) electrons. The van der Waals surface area contributed by atoms with Crippen molar-refractivity contribution < 1.29 is 38.8 Å². The molecule has 4 aromatic rings. The number of nitrogens with two attached hydrogens (primary N) is 2. The number of rotatable bonds is 12. The van der Waals surface area contributed by atoms with Gasteiger partial charge in [-0.3, -0.25) is 19.9 Å². The van der Waals surface area contributed by atoms with Crippen LogP contribution in [0.5, 0.6) is 0 Å². The number of thiazole rings is 1. The van der Waals surface area contributed by atoms with E-state index in [4.69, 9.17) is 21.7 Å². The summed E-state index contributed by atoms with van der Waals surface area (Å²) >= 11 is 2.33. The van der Waals surface area contributed by atoms with Crippen molar-refractivity contribution in [1.29, 1.82) is 5.41 Å². The first kappa shape index (κ1) is 34.1. The highest BCUT2D eigenvalue weighted by molar-refractivity contribution is 8.00. The standard InChI is InChI=1S/C32H31N9O7S2/c1-32(2,30(46)47)48-38-22(20-15-50-31(35)36-20)26(42)37-23-27(43)41-24(29(44)45)19(14-49-28(23)41)13-39-9-8-21-18(12-39)7-10-40(21)11-16-3-5-17(6-4-16)25(33)34/h3-10,12,15,23,28H,11,13-14H2,1-2H3,(H7-,33,34,35,36,37,42,44,45,46,47)/p+1/t23-,28-/m1/s1. The molecule has 2 aliphatic rings. The number of benzene rings is 1. The van der Waals surface area contributed by atoms with E-state index >= 15 is 0 Å². The number of hydrogen-bond acceptors (Lipinski definition) is 11.